The van der Waals surface area contributed by atoms with Gasteiger partial charge in [-0.25, -0.2) is 5.32 Å². The van der Waals surface area contributed by atoms with Crippen molar-refractivity contribution in [2.75, 3.05) is 20.2 Å². The molecule has 2 rings (SSSR count). The molecule has 0 saturated carbocycles. The lowest BCUT2D eigenvalue weighted by Gasteiger charge is -2.23. The van der Waals surface area contributed by atoms with Crippen LogP contribution in [0.2, 0.25) is 0 Å². The quantitative estimate of drug-likeness (QED) is 0.756. The molecule has 1 aliphatic rings. The van der Waals surface area contributed by atoms with Gasteiger partial charge in [-0.05, 0) is 25.0 Å². The van der Waals surface area contributed by atoms with Gasteiger partial charge in [0.15, 0.2) is 11.5 Å². The predicted octanol–water partition coefficient (Wildman–Crippen LogP) is 1.84. The van der Waals surface area contributed by atoms with Crippen LogP contribution >= 0.6 is 0 Å². The highest BCUT2D eigenvalue weighted by molar-refractivity contribution is 5.39. The maximum absolute atomic E-state index is 5.89. The number of benzene rings is 1. The molecule has 0 atom stereocenters. The summed E-state index contributed by atoms with van der Waals surface area (Å²) in [5.41, 5.74) is 0. The van der Waals surface area contributed by atoms with Crippen molar-refractivity contribution in [2.45, 2.75) is 18.9 Å². The third kappa shape index (κ3) is 2.63. The van der Waals surface area contributed by atoms with Crippen LogP contribution in [0.15, 0.2) is 24.3 Å². The Kier molecular flexibility index (Phi) is 3.45. The van der Waals surface area contributed by atoms with E-state index in [1.807, 2.05) is 24.3 Å². The first-order chi connectivity index (χ1) is 7.40. The van der Waals surface area contributed by atoms with E-state index in [2.05, 4.69) is 5.32 Å². The summed E-state index contributed by atoms with van der Waals surface area (Å²) in [5.74, 6) is 1.65. The van der Waals surface area contributed by atoms with Gasteiger partial charge in [-0.3, -0.25) is 0 Å². The van der Waals surface area contributed by atoms with Gasteiger partial charge in [-0.2, -0.15) is 0 Å². The van der Waals surface area contributed by atoms with Gasteiger partial charge in [-0.1, -0.05) is 12.1 Å². The largest absolute Gasteiger partial charge is 0.493 e. The van der Waals surface area contributed by atoms with Gasteiger partial charge in [0.25, 0.3) is 0 Å². The zero-order chi connectivity index (χ0) is 10.5. The fraction of sp³-hybridized carbons (Fsp3) is 0.500. The van der Waals surface area contributed by atoms with Crippen LogP contribution in [0, 0.1) is 0 Å². The molecule has 1 radical (unpaired) electrons. The van der Waals surface area contributed by atoms with Crippen LogP contribution in [0.1, 0.15) is 12.8 Å². The van der Waals surface area contributed by atoms with Gasteiger partial charge in [0.2, 0.25) is 0 Å². The number of piperidine rings is 1. The predicted molar refractivity (Wildman–Crippen MR) is 58.5 cm³/mol. The van der Waals surface area contributed by atoms with E-state index in [1.54, 1.807) is 7.11 Å². The maximum atomic E-state index is 5.89. The molecule has 0 aliphatic carbocycles. The van der Waals surface area contributed by atoms with Crippen molar-refractivity contribution in [3.8, 4) is 11.5 Å². The van der Waals surface area contributed by atoms with Gasteiger partial charge in [0.1, 0.15) is 6.10 Å². The van der Waals surface area contributed by atoms with Crippen molar-refractivity contribution in [1.82, 2.24) is 5.32 Å². The molecule has 0 amide bonds. The minimum absolute atomic E-state index is 0.291. The molecule has 1 aliphatic heterocycles. The molecule has 0 N–H and O–H groups in total. The number of methoxy groups -OCH3 is 1. The first-order valence-corrected chi connectivity index (χ1v) is 5.33. The molecular weight excluding hydrogens is 190 g/mol. The third-order valence-corrected chi connectivity index (χ3v) is 2.58. The van der Waals surface area contributed by atoms with Crippen molar-refractivity contribution in [3.63, 3.8) is 0 Å². The van der Waals surface area contributed by atoms with Crippen LogP contribution in [0.4, 0.5) is 0 Å². The summed E-state index contributed by atoms with van der Waals surface area (Å²) in [6, 6.07) is 7.78. The Balaban J connectivity index is 2.02. The van der Waals surface area contributed by atoms with Crippen molar-refractivity contribution in [1.29, 1.82) is 0 Å². The normalized spacial score (nSPS) is 17.4. The fourth-order valence-electron chi connectivity index (χ4n) is 1.74. The van der Waals surface area contributed by atoms with Gasteiger partial charge in [0, 0.05) is 13.1 Å². The van der Waals surface area contributed by atoms with Crippen LogP contribution in [-0.2, 0) is 0 Å². The first kappa shape index (κ1) is 10.3. The van der Waals surface area contributed by atoms with Crippen LogP contribution in [0.3, 0.4) is 0 Å². The molecule has 1 saturated heterocycles. The highest BCUT2D eigenvalue weighted by atomic mass is 16.5. The summed E-state index contributed by atoms with van der Waals surface area (Å²) >= 11 is 0. The molecule has 1 heterocycles. The van der Waals surface area contributed by atoms with Crippen LogP contribution in [-0.4, -0.2) is 26.3 Å². The van der Waals surface area contributed by atoms with E-state index in [0.29, 0.717) is 6.10 Å². The Morgan fingerprint density at radius 2 is 1.80 bits per heavy atom. The fourth-order valence-corrected chi connectivity index (χ4v) is 1.74. The number of hydrogen-bond donors (Lipinski definition) is 0. The molecule has 1 fully saturated rings. The molecule has 0 aromatic heterocycles. The minimum Gasteiger partial charge on any atom is -0.493 e. The smallest absolute Gasteiger partial charge is 0.161 e. The Bertz CT molecular complexity index is 308. The molecular formula is C12H16NO2. The maximum Gasteiger partial charge on any atom is 0.161 e. The third-order valence-electron chi connectivity index (χ3n) is 2.58. The van der Waals surface area contributed by atoms with Gasteiger partial charge in [0.05, 0.1) is 7.11 Å². The van der Waals surface area contributed by atoms with E-state index in [9.17, 15) is 0 Å². The molecule has 0 unspecified atom stereocenters. The molecule has 0 spiro atoms. The van der Waals surface area contributed by atoms with Crippen molar-refractivity contribution in [2.24, 2.45) is 0 Å². The molecule has 3 nitrogen and oxygen atoms in total. The monoisotopic (exact) mass is 206 g/mol. The second-order valence-corrected chi connectivity index (χ2v) is 3.64. The average molecular weight is 206 g/mol. The van der Waals surface area contributed by atoms with E-state index in [-0.39, 0.29) is 0 Å². The number of hydrogen-bond acceptors (Lipinski definition) is 2. The lowest BCUT2D eigenvalue weighted by atomic mass is 10.1. The summed E-state index contributed by atoms with van der Waals surface area (Å²) in [6.45, 7) is 1.83. The highest BCUT2D eigenvalue weighted by Gasteiger charge is 2.16. The van der Waals surface area contributed by atoms with Gasteiger partial charge >= 0.3 is 0 Å². The summed E-state index contributed by atoms with van der Waals surface area (Å²) in [6.07, 6.45) is 2.31. The van der Waals surface area contributed by atoms with Crippen molar-refractivity contribution < 1.29 is 9.47 Å². The first-order valence-electron chi connectivity index (χ1n) is 5.33. The number of rotatable bonds is 3. The summed E-state index contributed by atoms with van der Waals surface area (Å²) in [5, 5.41) is 4.30. The number of ether oxygens (including phenoxy) is 2. The zero-order valence-electron chi connectivity index (χ0n) is 8.98. The second-order valence-electron chi connectivity index (χ2n) is 3.64. The molecule has 3 heteroatoms. The van der Waals surface area contributed by atoms with Crippen molar-refractivity contribution >= 4 is 0 Å². The summed E-state index contributed by atoms with van der Waals surface area (Å²) in [4.78, 5) is 0. The zero-order valence-corrected chi connectivity index (χ0v) is 8.98. The molecule has 81 valence electrons. The van der Waals surface area contributed by atoms with E-state index >= 15 is 0 Å². The Morgan fingerprint density at radius 3 is 2.47 bits per heavy atom. The van der Waals surface area contributed by atoms with Crippen LogP contribution in [0.5, 0.6) is 11.5 Å². The molecule has 15 heavy (non-hydrogen) atoms. The second kappa shape index (κ2) is 5.03. The Labute approximate surface area is 90.4 Å². The highest BCUT2D eigenvalue weighted by Crippen LogP contribution is 2.28. The molecule has 1 aromatic carbocycles. The Hall–Kier alpha value is -1.22. The lowest BCUT2D eigenvalue weighted by molar-refractivity contribution is 0.155. The number of para-hydroxylation sites is 2. The van der Waals surface area contributed by atoms with Crippen LogP contribution in [0.25, 0.3) is 0 Å². The van der Waals surface area contributed by atoms with Gasteiger partial charge in [-0.15, -0.1) is 0 Å². The molecule has 1 aromatic rings. The van der Waals surface area contributed by atoms with Crippen molar-refractivity contribution in [3.05, 3.63) is 24.3 Å². The minimum atomic E-state index is 0.291. The van der Waals surface area contributed by atoms with E-state index in [4.69, 9.17) is 9.47 Å². The Morgan fingerprint density at radius 1 is 1.13 bits per heavy atom. The van der Waals surface area contributed by atoms with Gasteiger partial charge < -0.3 is 9.47 Å². The van der Waals surface area contributed by atoms with Crippen LogP contribution < -0.4 is 14.8 Å². The van der Waals surface area contributed by atoms with E-state index in [1.165, 1.54) is 0 Å². The lowest BCUT2D eigenvalue weighted by Crippen LogP contribution is -2.30. The summed E-state index contributed by atoms with van der Waals surface area (Å²) in [7, 11) is 1.67. The topological polar surface area (TPSA) is 32.6 Å². The average Bonchev–Trinajstić information content (AvgIpc) is 2.31. The number of nitrogens with zero attached hydrogens (tertiary/aromatic N) is 1. The summed E-state index contributed by atoms with van der Waals surface area (Å²) < 4.78 is 11.1. The standard InChI is InChI=1S/C12H16NO2/c1-14-11-4-2-3-5-12(11)15-10-6-8-13-9-7-10/h2-5,10H,6-9H2,1H3. The SMILES string of the molecule is COc1ccccc1OC1CC[N]CC1. The van der Waals surface area contributed by atoms with E-state index in [0.717, 1.165) is 37.4 Å². The van der Waals surface area contributed by atoms with E-state index < -0.39 is 0 Å². The molecule has 0 bridgehead atoms.